The van der Waals surface area contributed by atoms with E-state index in [1.165, 1.54) is 0 Å². The SMILES string of the molecule is O=C1C2C(C(=O)N1/N=C/c1cn(Cc3ccccc3Cl)c3ccccc13)C1C=CC2C12CC2. The smallest absolute Gasteiger partial charge is 0.254 e. The fraction of sp³-hybridized carbons (Fsp3) is 0.296. The topological polar surface area (TPSA) is 54.7 Å². The lowest BCUT2D eigenvalue weighted by atomic mass is 9.85. The van der Waals surface area contributed by atoms with Crippen LogP contribution < -0.4 is 0 Å². The number of hydrazone groups is 1. The molecule has 6 heteroatoms. The second-order valence-electron chi connectivity index (χ2n) is 9.77. The van der Waals surface area contributed by atoms with Gasteiger partial charge in [0.25, 0.3) is 11.8 Å². The molecule has 4 aliphatic rings. The molecule has 3 fully saturated rings. The number of imide groups is 1. The summed E-state index contributed by atoms with van der Waals surface area (Å²) in [5.41, 5.74) is 3.14. The molecule has 164 valence electrons. The summed E-state index contributed by atoms with van der Waals surface area (Å²) in [4.78, 5) is 26.4. The van der Waals surface area contributed by atoms with Gasteiger partial charge in [-0.3, -0.25) is 9.59 Å². The van der Waals surface area contributed by atoms with Crippen LogP contribution >= 0.6 is 11.6 Å². The number of carbonyl (C=O) groups excluding carboxylic acids is 2. The molecular weight excluding hydrogens is 434 g/mol. The first-order chi connectivity index (χ1) is 16.1. The molecule has 7 rings (SSSR count). The molecule has 1 aromatic heterocycles. The van der Waals surface area contributed by atoms with Crippen LogP contribution in [0.15, 0.2) is 72.0 Å². The predicted octanol–water partition coefficient (Wildman–Crippen LogP) is 4.87. The monoisotopic (exact) mass is 455 g/mol. The Labute approximate surface area is 196 Å². The third-order valence-corrected chi connectivity index (χ3v) is 8.63. The van der Waals surface area contributed by atoms with Crippen LogP contribution in [0.1, 0.15) is 24.0 Å². The molecule has 5 nitrogen and oxygen atoms in total. The van der Waals surface area contributed by atoms with Gasteiger partial charge in [0.15, 0.2) is 0 Å². The molecule has 1 spiro atoms. The Morgan fingerprint density at radius 1 is 0.970 bits per heavy atom. The zero-order valence-electron chi connectivity index (χ0n) is 17.9. The fourth-order valence-corrected chi connectivity index (χ4v) is 6.81. The van der Waals surface area contributed by atoms with Crippen molar-refractivity contribution in [2.45, 2.75) is 19.4 Å². The molecule has 1 aliphatic heterocycles. The third-order valence-electron chi connectivity index (χ3n) is 8.26. The number of halogens is 1. The molecule has 0 radical (unpaired) electrons. The lowest BCUT2D eigenvalue weighted by Gasteiger charge is -2.18. The van der Waals surface area contributed by atoms with Crippen molar-refractivity contribution in [1.29, 1.82) is 0 Å². The zero-order valence-corrected chi connectivity index (χ0v) is 18.7. The first-order valence-electron chi connectivity index (χ1n) is 11.5. The number of amides is 2. The maximum absolute atomic E-state index is 13.2. The van der Waals surface area contributed by atoms with Gasteiger partial charge in [-0.05, 0) is 47.8 Å². The van der Waals surface area contributed by atoms with Crippen molar-refractivity contribution >= 4 is 40.5 Å². The fourth-order valence-electron chi connectivity index (χ4n) is 6.62. The van der Waals surface area contributed by atoms with E-state index in [4.69, 9.17) is 11.6 Å². The maximum atomic E-state index is 13.2. The molecule has 2 bridgehead atoms. The van der Waals surface area contributed by atoms with Crippen molar-refractivity contribution < 1.29 is 9.59 Å². The van der Waals surface area contributed by atoms with Gasteiger partial charge in [-0.25, -0.2) is 0 Å². The normalized spacial score (nSPS) is 28.7. The molecule has 2 aromatic carbocycles. The number of carbonyl (C=O) groups is 2. The van der Waals surface area contributed by atoms with Gasteiger partial charge < -0.3 is 4.57 Å². The van der Waals surface area contributed by atoms with E-state index >= 15 is 0 Å². The summed E-state index contributed by atoms with van der Waals surface area (Å²) in [6.07, 6.45) is 10.3. The molecule has 33 heavy (non-hydrogen) atoms. The van der Waals surface area contributed by atoms with Gasteiger partial charge in [-0.2, -0.15) is 10.1 Å². The van der Waals surface area contributed by atoms with E-state index in [1.807, 2.05) is 48.7 Å². The lowest BCUT2D eigenvalue weighted by Crippen LogP contribution is -2.30. The zero-order chi connectivity index (χ0) is 22.3. The highest BCUT2D eigenvalue weighted by Crippen LogP contribution is 2.73. The van der Waals surface area contributed by atoms with Crippen LogP contribution in [0.3, 0.4) is 0 Å². The van der Waals surface area contributed by atoms with Crippen LogP contribution in [-0.4, -0.2) is 27.6 Å². The molecule has 3 aromatic rings. The molecule has 2 saturated carbocycles. The van der Waals surface area contributed by atoms with Crippen LogP contribution in [0, 0.1) is 29.1 Å². The number of para-hydroxylation sites is 1. The van der Waals surface area contributed by atoms with Crippen LogP contribution in [0.2, 0.25) is 5.02 Å². The molecule has 0 N–H and O–H groups in total. The van der Waals surface area contributed by atoms with Crippen LogP contribution in [-0.2, 0) is 16.1 Å². The van der Waals surface area contributed by atoms with E-state index < -0.39 is 0 Å². The largest absolute Gasteiger partial charge is 0.342 e. The van der Waals surface area contributed by atoms with Crippen molar-refractivity contribution in [2.75, 3.05) is 0 Å². The first kappa shape index (κ1) is 19.3. The molecule has 1 saturated heterocycles. The molecule has 4 unspecified atom stereocenters. The van der Waals surface area contributed by atoms with E-state index in [0.29, 0.717) is 6.54 Å². The molecule has 3 aliphatic carbocycles. The number of allylic oxidation sites excluding steroid dienone is 2. The van der Waals surface area contributed by atoms with Crippen LogP contribution in [0.25, 0.3) is 10.9 Å². The highest BCUT2D eigenvalue weighted by Gasteiger charge is 2.73. The minimum atomic E-state index is -0.228. The number of nitrogens with zero attached hydrogens (tertiary/aromatic N) is 3. The van der Waals surface area contributed by atoms with Gasteiger partial charge in [-0.15, -0.1) is 0 Å². The Morgan fingerprint density at radius 3 is 2.33 bits per heavy atom. The summed E-state index contributed by atoms with van der Waals surface area (Å²) in [6.45, 7) is 0.622. The van der Waals surface area contributed by atoms with Crippen molar-refractivity contribution in [3.05, 3.63) is 83.0 Å². The van der Waals surface area contributed by atoms with Crippen LogP contribution in [0.5, 0.6) is 0 Å². The number of fused-ring (bicyclic) bond motifs is 4. The quantitative estimate of drug-likeness (QED) is 0.320. The summed E-state index contributed by atoms with van der Waals surface area (Å²) in [5.74, 6) is -0.306. The van der Waals surface area contributed by atoms with Gasteiger partial charge >= 0.3 is 0 Å². The highest BCUT2D eigenvalue weighted by molar-refractivity contribution is 6.31. The van der Waals surface area contributed by atoms with Crippen molar-refractivity contribution in [2.24, 2.45) is 34.2 Å². The standard InChI is InChI=1S/C27H22ClN3O2/c28-21-7-3-1-5-16(21)14-30-15-17(18-6-2-4-8-22(18)30)13-29-31-25(32)23-19-9-10-20(24(23)26(31)33)27(19)11-12-27/h1-10,13,15,19-20,23-24H,11-12,14H2/b29-13+. The van der Waals surface area contributed by atoms with Crippen LogP contribution in [0.4, 0.5) is 0 Å². The Bertz CT molecular complexity index is 1370. The van der Waals surface area contributed by atoms with Crippen molar-refractivity contribution in [3.8, 4) is 0 Å². The number of aromatic nitrogens is 1. The van der Waals surface area contributed by atoms with Crippen molar-refractivity contribution in [1.82, 2.24) is 9.58 Å². The van der Waals surface area contributed by atoms with Gasteiger partial charge in [-0.1, -0.05) is 60.2 Å². The second kappa shape index (κ2) is 6.67. The number of hydrogen-bond acceptors (Lipinski definition) is 3. The van der Waals surface area contributed by atoms with Gasteiger partial charge in [0.1, 0.15) is 0 Å². The summed E-state index contributed by atoms with van der Waals surface area (Å²) < 4.78 is 2.13. The average Bonchev–Trinajstić information content (AvgIpc) is 3.27. The molecule has 2 amide bonds. The summed E-state index contributed by atoms with van der Waals surface area (Å²) >= 11 is 6.38. The molecular formula is C27H22ClN3O2. The van der Waals surface area contributed by atoms with Gasteiger partial charge in [0.2, 0.25) is 0 Å². The van der Waals surface area contributed by atoms with E-state index in [-0.39, 0.29) is 40.9 Å². The minimum absolute atomic E-state index is 0.135. The summed E-state index contributed by atoms with van der Waals surface area (Å²) in [7, 11) is 0. The number of hydrogen-bond donors (Lipinski definition) is 0. The Morgan fingerprint density at radius 2 is 1.64 bits per heavy atom. The van der Waals surface area contributed by atoms with Crippen molar-refractivity contribution in [3.63, 3.8) is 0 Å². The first-order valence-corrected chi connectivity index (χ1v) is 11.9. The molecule has 2 heterocycles. The Kier molecular flexibility index (Phi) is 3.90. The van der Waals surface area contributed by atoms with Gasteiger partial charge in [0.05, 0.1) is 18.1 Å². The third kappa shape index (κ3) is 2.57. The Hall–Kier alpha value is -3.18. The number of benzene rings is 2. The summed E-state index contributed by atoms with van der Waals surface area (Å²) in [5, 5.41) is 7.31. The van der Waals surface area contributed by atoms with E-state index in [2.05, 4.69) is 27.9 Å². The van der Waals surface area contributed by atoms with Gasteiger partial charge in [0, 0.05) is 34.2 Å². The highest BCUT2D eigenvalue weighted by atomic mass is 35.5. The number of rotatable bonds is 4. The van der Waals surface area contributed by atoms with E-state index in [1.54, 1.807) is 6.21 Å². The average molecular weight is 456 g/mol. The second-order valence-corrected chi connectivity index (χ2v) is 10.2. The minimum Gasteiger partial charge on any atom is -0.342 e. The van der Waals surface area contributed by atoms with E-state index in [9.17, 15) is 9.59 Å². The Balaban J connectivity index is 1.21. The molecule has 4 atom stereocenters. The maximum Gasteiger partial charge on any atom is 0.254 e. The lowest BCUT2D eigenvalue weighted by molar-refractivity contribution is -0.141. The van der Waals surface area contributed by atoms with E-state index in [0.717, 1.165) is 44.9 Å². The predicted molar refractivity (Wildman–Crippen MR) is 127 cm³/mol. The summed E-state index contributed by atoms with van der Waals surface area (Å²) in [6, 6.07) is 15.9.